The number of rotatable bonds is 6. The third-order valence-electron chi connectivity index (χ3n) is 6.34. The second-order valence-electron chi connectivity index (χ2n) is 8.17. The molecule has 0 nitrogen and oxygen atoms in total. The minimum atomic E-state index is 0.323. The molecule has 2 aromatic carbocycles. The van der Waals surface area contributed by atoms with Gasteiger partial charge >= 0.3 is 0 Å². The van der Waals surface area contributed by atoms with Gasteiger partial charge in [-0.2, -0.15) is 0 Å². The van der Waals surface area contributed by atoms with Crippen LogP contribution in [0.4, 0.5) is 0 Å². The van der Waals surface area contributed by atoms with E-state index in [4.69, 9.17) is 0 Å². The Balaban J connectivity index is 1.52. The van der Waals surface area contributed by atoms with Crippen LogP contribution in [-0.2, 0) is 6.42 Å². The minimum absolute atomic E-state index is 0.323. The van der Waals surface area contributed by atoms with Crippen molar-refractivity contribution in [2.45, 2.75) is 71.1 Å². The molecule has 0 bridgehead atoms. The van der Waals surface area contributed by atoms with Gasteiger partial charge in [0.2, 0.25) is 0 Å². The fraction of sp³-hybridized carbons (Fsp3) is 0.481. The standard InChI is InChI=1S/C27H34/c1-3-22-10-12-23(13-11-22)14-15-24-16-18-25(19-17-24)20-21-26(4-2)27-8-6-5-7-9-27/h5-9,16-19,22-23,26H,3-4,10-15H2,1-2H3. The lowest BCUT2D eigenvalue weighted by Gasteiger charge is -2.27. The highest BCUT2D eigenvalue weighted by atomic mass is 14.2. The molecule has 1 aliphatic carbocycles. The Bertz CT molecular complexity index is 721. The van der Waals surface area contributed by atoms with Crippen molar-refractivity contribution in [3.63, 3.8) is 0 Å². The molecule has 1 atom stereocenters. The quantitative estimate of drug-likeness (QED) is 0.472. The molecule has 1 fully saturated rings. The maximum atomic E-state index is 3.46. The second-order valence-corrected chi connectivity index (χ2v) is 8.17. The highest BCUT2D eigenvalue weighted by molar-refractivity contribution is 5.39. The Labute approximate surface area is 166 Å². The number of hydrogen-bond acceptors (Lipinski definition) is 0. The first kappa shape index (κ1) is 19.8. The fourth-order valence-electron chi connectivity index (χ4n) is 4.33. The van der Waals surface area contributed by atoms with Crippen molar-refractivity contribution in [2.24, 2.45) is 11.8 Å². The molecule has 142 valence electrons. The minimum Gasteiger partial charge on any atom is -0.0897 e. The SMILES string of the molecule is CCC1CCC(CCc2ccc(C#CC(CC)c3ccccc3)cc2)CC1. The molecule has 1 saturated carbocycles. The maximum absolute atomic E-state index is 3.46. The van der Waals surface area contributed by atoms with Crippen LogP contribution >= 0.6 is 0 Å². The van der Waals surface area contributed by atoms with Crippen LogP contribution in [0.5, 0.6) is 0 Å². The molecule has 0 aliphatic heterocycles. The van der Waals surface area contributed by atoms with Crippen molar-refractivity contribution < 1.29 is 0 Å². The van der Waals surface area contributed by atoms with Gasteiger partial charge in [0.25, 0.3) is 0 Å². The maximum Gasteiger partial charge on any atom is 0.0453 e. The molecule has 3 rings (SSSR count). The first-order valence-electron chi connectivity index (χ1n) is 10.9. The van der Waals surface area contributed by atoms with E-state index in [9.17, 15) is 0 Å². The summed E-state index contributed by atoms with van der Waals surface area (Å²) in [6.45, 7) is 4.56. The highest BCUT2D eigenvalue weighted by Crippen LogP contribution is 2.33. The Morgan fingerprint density at radius 3 is 2.15 bits per heavy atom. The lowest BCUT2D eigenvalue weighted by Crippen LogP contribution is -2.14. The van der Waals surface area contributed by atoms with Gasteiger partial charge in [-0.25, -0.2) is 0 Å². The van der Waals surface area contributed by atoms with Gasteiger partial charge in [-0.05, 0) is 54.4 Å². The van der Waals surface area contributed by atoms with Crippen LogP contribution in [0.2, 0.25) is 0 Å². The Morgan fingerprint density at radius 2 is 1.52 bits per heavy atom. The molecule has 1 unspecified atom stereocenters. The lowest BCUT2D eigenvalue weighted by atomic mass is 9.78. The van der Waals surface area contributed by atoms with Gasteiger partial charge in [0.1, 0.15) is 0 Å². The van der Waals surface area contributed by atoms with Crippen molar-refractivity contribution in [3.8, 4) is 11.8 Å². The average Bonchev–Trinajstić information content (AvgIpc) is 2.74. The molecule has 27 heavy (non-hydrogen) atoms. The summed E-state index contributed by atoms with van der Waals surface area (Å²) in [5.74, 6) is 9.13. The summed E-state index contributed by atoms with van der Waals surface area (Å²) in [5, 5.41) is 0. The first-order valence-corrected chi connectivity index (χ1v) is 10.9. The normalized spacial score (nSPS) is 20.5. The van der Waals surface area contributed by atoms with Gasteiger partial charge in [0.15, 0.2) is 0 Å². The van der Waals surface area contributed by atoms with Crippen LogP contribution in [0.15, 0.2) is 54.6 Å². The molecule has 0 heteroatoms. The van der Waals surface area contributed by atoms with Crippen LogP contribution in [0, 0.1) is 23.7 Å². The van der Waals surface area contributed by atoms with Crippen LogP contribution in [-0.4, -0.2) is 0 Å². The zero-order valence-corrected chi connectivity index (χ0v) is 17.1. The van der Waals surface area contributed by atoms with E-state index in [0.29, 0.717) is 5.92 Å². The van der Waals surface area contributed by atoms with E-state index in [1.54, 1.807) is 0 Å². The molecule has 0 aromatic heterocycles. The van der Waals surface area contributed by atoms with Gasteiger partial charge < -0.3 is 0 Å². The number of hydrogen-bond donors (Lipinski definition) is 0. The molecular weight excluding hydrogens is 324 g/mol. The fourth-order valence-corrected chi connectivity index (χ4v) is 4.33. The van der Waals surface area contributed by atoms with E-state index < -0.39 is 0 Å². The topological polar surface area (TPSA) is 0 Å². The summed E-state index contributed by atoms with van der Waals surface area (Å²) in [6.07, 6.45) is 10.8. The van der Waals surface area contributed by atoms with Crippen LogP contribution in [0.3, 0.4) is 0 Å². The second kappa shape index (κ2) is 10.4. The molecule has 1 aliphatic rings. The molecule has 2 aromatic rings. The number of benzene rings is 2. The van der Waals surface area contributed by atoms with Gasteiger partial charge in [0, 0.05) is 11.5 Å². The summed E-state index contributed by atoms with van der Waals surface area (Å²) >= 11 is 0. The lowest BCUT2D eigenvalue weighted by molar-refractivity contribution is 0.259. The molecule has 0 saturated heterocycles. The van der Waals surface area contributed by atoms with Crippen molar-refractivity contribution in [1.29, 1.82) is 0 Å². The first-order chi connectivity index (χ1) is 13.3. The summed E-state index contributed by atoms with van der Waals surface area (Å²) in [5.41, 5.74) is 3.92. The summed E-state index contributed by atoms with van der Waals surface area (Å²) < 4.78 is 0. The van der Waals surface area contributed by atoms with Gasteiger partial charge in [-0.1, -0.05) is 100 Å². The van der Waals surface area contributed by atoms with E-state index in [0.717, 1.165) is 23.8 Å². The largest absolute Gasteiger partial charge is 0.0897 e. The highest BCUT2D eigenvalue weighted by Gasteiger charge is 2.19. The van der Waals surface area contributed by atoms with E-state index in [1.165, 1.54) is 56.1 Å². The van der Waals surface area contributed by atoms with Crippen molar-refractivity contribution >= 4 is 0 Å². The van der Waals surface area contributed by atoms with E-state index in [2.05, 4.69) is 80.3 Å². The predicted octanol–water partition coefficient (Wildman–Crippen LogP) is 7.38. The van der Waals surface area contributed by atoms with Crippen LogP contribution in [0.25, 0.3) is 0 Å². The molecule has 0 heterocycles. The predicted molar refractivity (Wildman–Crippen MR) is 117 cm³/mol. The zero-order valence-electron chi connectivity index (χ0n) is 17.1. The summed E-state index contributed by atoms with van der Waals surface area (Å²) in [7, 11) is 0. The Hall–Kier alpha value is -2.00. The van der Waals surface area contributed by atoms with Gasteiger partial charge in [0.05, 0.1) is 0 Å². The van der Waals surface area contributed by atoms with E-state index >= 15 is 0 Å². The Kier molecular flexibility index (Phi) is 7.58. The van der Waals surface area contributed by atoms with Crippen molar-refractivity contribution in [2.75, 3.05) is 0 Å². The van der Waals surface area contributed by atoms with E-state index in [1.807, 2.05) is 0 Å². The third-order valence-corrected chi connectivity index (χ3v) is 6.34. The molecule has 0 amide bonds. The third kappa shape index (κ3) is 6.00. The van der Waals surface area contributed by atoms with Crippen LogP contribution < -0.4 is 0 Å². The Morgan fingerprint density at radius 1 is 0.852 bits per heavy atom. The van der Waals surface area contributed by atoms with Gasteiger partial charge in [-0.3, -0.25) is 0 Å². The molecule has 0 spiro atoms. The molecule has 0 radical (unpaired) electrons. The smallest absolute Gasteiger partial charge is 0.0453 e. The zero-order chi connectivity index (χ0) is 18.9. The van der Waals surface area contributed by atoms with Gasteiger partial charge in [-0.15, -0.1) is 0 Å². The summed E-state index contributed by atoms with van der Waals surface area (Å²) in [4.78, 5) is 0. The molecule has 0 N–H and O–H groups in total. The van der Waals surface area contributed by atoms with Crippen molar-refractivity contribution in [1.82, 2.24) is 0 Å². The molecular formula is C27H34. The van der Waals surface area contributed by atoms with E-state index in [-0.39, 0.29) is 0 Å². The van der Waals surface area contributed by atoms with Crippen LogP contribution in [0.1, 0.15) is 81.4 Å². The summed E-state index contributed by atoms with van der Waals surface area (Å²) in [6, 6.07) is 19.6. The average molecular weight is 359 g/mol. The monoisotopic (exact) mass is 358 g/mol. The number of aryl methyl sites for hydroxylation is 1. The van der Waals surface area contributed by atoms with Crippen molar-refractivity contribution in [3.05, 3.63) is 71.3 Å².